The molecular weight excluding hydrogens is 426 g/mol. The van der Waals surface area contributed by atoms with Crippen molar-refractivity contribution in [2.24, 2.45) is 5.92 Å². The van der Waals surface area contributed by atoms with Crippen molar-refractivity contribution in [2.45, 2.75) is 38.3 Å². The minimum Gasteiger partial charge on any atom is -0.340 e. The highest BCUT2D eigenvalue weighted by atomic mass is 35.5. The molecule has 6 nitrogen and oxygen atoms in total. The number of nitrogens with one attached hydrogen (secondary N) is 1. The number of benzene rings is 2. The van der Waals surface area contributed by atoms with E-state index in [1.54, 1.807) is 29.2 Å². The molecule has 0 aromatic heterocycles. The minimum atomic E-state index is -0.723. The lowest BCUT2D eigenvalue weighted by Gasteiger charge is -2.41. The van der Waals surface area contributed by atoms with Crippen LogP contribution in [0.15, 0.2) is 54.6 Å². The van der Waals surface area contributed by atoms with Gasteiger partial charge in [-0.1, -0.05) is 54.1 Å². The largest absolute Gasteiger partial charge is 0.340 e. The van der Waals surface area contributed by atoms with Crippen LogP contribution in [0.25, 0.3) is 0 Å². The molecule has 2 fully saturated rings. The number of halogens is 1. The van der Waals surface area contributed by atoms with Crippen molar-refractivity contribution < 1.29 is 14.4 Å². The molecule has 1 saturated carbocycles. The fourth-order valence-electron chi connectivity index (χ4n) is 4.20. The maximum absolute atomic E-state index is 13.5. The van der Waals surface area contributed by atoms with E-state index in [4.69, 9.17) is 11.6 Å². The van der Waals surface area contributed by atoms with E-state index in [1.807, 2.05) is 42.2 Å². The zero-order chi connectivity index (χ0) is 22.7. The molecule has 2 atom stereocenters. The molecule has 0 radical (unpaired) electrons. The van der Waals surface area contributed by atoms with Crippen molar-refractivity contribution in [3.05, 3.63) is 70.7 Å². The lowest BCUT2D eigenvalue weighted by molar-refractivity contribution is -0.144. The Labute approximate surface area is 193 Å². The van der Waals surface area contributed by atoms with E-state index in [0.717, 1.165) is 18.4 Å². The first-order chi connectivity index (χ1) is 15.4. The van der Waals surface area contributed by atoms with Crippen LogP contribution in [0.4, 0.5) is 0 Å². The van der Waals surface area contributed by atoms with Gasteiger partial charge in [-0.15, -0.1) is 0 Å². The Bertz CT molecular complexity index is 993. The molecule has 2 aliphatic rings. The Kier molecular flexibility index (Phi) is 6.80. The monoisotopic (exact) mass is 453 g/mol. The second-order valence-corrected chi connectivity index (χ2v) is 9.04. The molecule has 32 heavy (non-hydrogen) atoms. The Balaban J connectivity index is 1.49. The third-order valence-corrected chi connectivity index (χ3v) is 6.48. The van der Waals surface area contributed by atoms with Crippen LogP contribution in [-0.2, 0) is 16.0 Å². The van der Waals surface area contributed by atoms with E-state index in [9.17, 15) is 14.4 Å². The van der Waals surface area contributed by atoms with Gasteiger partial charge in [-0.25, -0.2) is 0 Å². The quantitative estimate of drug-likeness (QED) is 0.730. The summed E-state index contributed by atoms with van der Waals surface area (Å²) in [6.45, 7) is 3.44. The van der Waals surface area contributed by atoms with Gasteiger partial charge in [-0.2, -0.15) is 0 Å². The highest BCUT2D eigenvalue weighted by Gasteiger charge is 2.39. The Hall–Kier alpha value is -2.86. The second kappa shape index (κ2) is 9.74. The van der Waals surface area contributed by atoms with Gasteiger partial charge in [0.2, 0.25) is 11.8 Å². The average molecular weight is 454 g/mol. The van der Waals surface area contributed by atoms with Crippen LogP contribution >= 0.6 is 11.6 Å². The van der Waals surface area contributed by atoms with E-state index in [2.05, 4.69) is 5.32 Å². The van der Waals surface area contributed by atoms with Crippen molar-refractivity contribution in [3.8, 4) is 0 Å². The third kappa shape index (κ3) is 5.13. The number of carbonyl (C=O) groups is 3. The molecule has 2 aromatic rings. The summed E-state index contributed by atoms with van der Waals surface area (Å²) in [6.07, 6.45) is 2.32. The van der Waals surface area contributed by atoms with E-state index < -0.39 is 6.04 Å². The average Bonchev–Trinajstić information content (AvgIpc) is 3.64. The number of amides is 3. The first-order valence-electron chi connectivity index (χ1n) is 11.1. The van der Waals surface area contributed by atoms with Crippen LogP contribution in [0.3, 0.4) is 0 Å². The van der Waals surface area contributed by atoms with Crippen molar-refractivity contribution in [3.63, 3.8) is 0 Å². The molecule has 2 aromatic carbocycles. The summed E-state index contributed by atoms with van der Waals surface area (Å²) in [5.41, 5.74) is 1.30. The zero-order valence-corrected chi connectivity index (χ0v) is 18.9. The fourth-order valence-corrected chi connectivity index (χ4v) is 4.42. The minimum absolute atomic E-state index is 0.0440. The van der Waals surface area contributed by atoms with Gasteiger partial charge in [-0.3, -0.25) is 14.4 Å². The number of rotatable bonds is 6. The predicted molar refractivity (Wildman–Crippen MR) is 123 cm³/mol. The van der Waals surface area contributed by atoms with Gasteiger partial charge in [0.15, 0.2) is 0 Å². The first-order valence-corrected chi connectivity index (χ1v) is 11.5. The summed E-state index contributed by atoms with van der Waals surface area (Å²) in [5.74, 6) is -0.141. The van der Waals surface area contributed by atoms with E-state index in [-0.39, 0.29) is 29.7 Å². The van der Waals surface area contributed by atoms with E-state index in [0.29, 0.717) is 36.6 Å². The van der Waals surface area contributed by atoms with Crippen LogP contribution in [0.2, 0.25) is 5.02 Å². The number of carbonyl (C=O) groups excluding carboxylic acids is 3. The van der Waals surface area contributed by atoms with Gasteiger partial charge in [0.1, 0.15) is 6.04 Å². The van der Waals surface area contributed by atoms with Crippen molar-refractivity contribution in [2.75, 3.05) is 19.6 Å². The molecule has 168 valence electrons. The standard InChI is InChI=1S/C25H28ClN3O3/c1-17-16-28(13-14-29(17)24(31)19-11-12-19)25(32)22(15-18-7-3-2-4-8-18)27-23(30)20-9-5-6-10-21(20)26/h2-10,17,19,22H,11-16H2,1H3,(H,27,30). The van der Waals surface area contributed by atoms with Crippen molar-refractivity contribution in [1.29, 1.82) is 0 Å². The maximum Gasteiger partial charge on any atom is 0.253 e. The molecule has 1 heterocycles. The van der Waals surface area contributed by atoms with Crippen LogP contribution in [-0.4, -0.2) is 59.2 Å². The highest BCUT2D eigenvalue weighted by molar-refractivity contribution is 6.33. The normalized spacial score (nSPS) is 19.4. The van der Waals surface area contributed by atoms with Crippen LogP contribution < -0.4 is 5.32 Å². The van der Waals surface area contributed by atoms with Crippen LogP contribution in [0.1, 0.15) is 35.7 Å². The van der Waals surface area contributed by atoms with E-state index >= 15 is 0 Å². The molecule has 7 heteroatoms. The molecule has 1 aliphatic heterocycles. The Morgan fingerprint density at radius 1 is 1.03 bits per heavy atom. The van der Waals surface area contributed by atoms with Gasteiger partial charge >= 0.3 is 0 Å². The fraction of sp³-hybridized carbons (Fsp3) is 0.400. The van der Waals surface area contributed by atoms with E-state index in [1.165, 1.54) is 0 Å². The summed E-state index contributed by atoms with van der Waals surface area (Å²) < 4.78 is 0. The third-order valence-electron chi connectivity index (χ3n) is 6.15. The summed E-state index contributed by atoms with van der Waals surface area (Å²) in [4.78, 5) is 42.6. The molecule has 1 saturated heterocycles. The first kappa shape index (κ1) is 22.3. The van der Waals surface area contributed by atoms with Crippen LogP contribution in [0, 0.1) is 5.92 Å². The number of hydrogen-bond acceptors (Lipinski definition) is 3. The summed E-state index contributed by atoms with van der Waals surface area (Å²) >= 11 is 6.19. The molecule has 1 aliphatic carbocycles. The van der Waals surface area contributed by atoms with Gasteiger partial charge in [0.25, 0.3) is 5.91 Å². The Morgan fingerprint density at radius 3 is 2.38 bits per heavy atom. The Morgan fingerprint density at radius 2 is 1.72 bits per heavy atom. The number of nitrogens with zero attached hydrogens (tertiary/aromatic N) is 2. The number of hydrogen-bond donors (Lipinski definition) is 1. The molecular formula is C25H28ClN3O3. The topological polar surface area (TPSA) is 69.7 Å². The molecule has 3 amide bonds. The molecule has 4 rings (SSSR count). The predicted octanol–water partition coefficient (Wildman–Crippen LogP) is 3.15. The smallest absolute Gasteiger partial charge is 0.253 e. The molecule has 1 N–H and O–H groups in total. The van der Waals surface area contributed by atoms with Gasteiger partial charge in [0.05, 0.1) is 10.6 Å². The van der Waals surface area contributed by atoms with Gasteiger partial charge in [-0.05, 0) is 37.5 Å². The molecule has 2 unspecified atom stereocenters. The second-order valence-electron chi connectivity index (χ2n) is 8.63. The highest BCUT2D eigenvalue weighted by Crippen LogP contribution is 2.32. The summed E-state index contributed by atoms with van der Waals surface area (Å²) in [7, 11) is 0. The SMILES string of the molecule is CC1CN(C(=O)C(Cc2ccccc2)NC(=O)c2ccccc2Cl)CCN1C(=O)C1CC1. The van der Waals surface area contributed by atoms with Gasteiger partial charge < -0.3 is 15.1 Å². The number of piperazine rings is 1. The lowest BCUT2D eigenvalue weighted by Crippen LogP contribution is -2.59. The summed E-state index contributed by atoms with van der Waals surface area (Å²) in [5, 5.41) is 3.25. The zero-order valence-electron chi connectivity index (χ0n) is 18.2. The van der Waals surface area contributed by atoms with Crippen LogP contribution in [0.5, 0.6) is 0 Å². The lowest BCUT2D eigenvalue weighted by atomic mass is 10.0. The van der Waals surface area contributed by atoms with Gasteiger partial charge in [0, 0.05) is 38.0 Å². The molecule has 0 spiro atoms. The molecule has 0 bridgehead atoms. The van der Waals surface area contributed by atoms with Crippen molar-refractivity contribution in [1.82, 2.24) is 15.1 Å². The maximum atomic E-state index is 13.5. The van der Waals surface area contributed by atoms with Crippen molar-refractivity contribution >= 4 is 29.3 Å². The summed E-state index contributed by atoms with van der Waals surface area (Å²) in [6, 6.07) is 15.7.